The van der Waals surface area contributed by atoms with Gasteiger partial charge in [-0.25, -0.2) is 0 Å². The topological polar surface area (TPSA) is 58.6 Å². The lowest BCUT2D eigenvalue weighted by molar-refractivity contribution is -0.122. The molecule has 1 N–H and O–H groups in total. The van der Waals surface area contributed by atoms with Gasteiger partial charge in [0.1, 0.15) is 5.75 Å². The molecule has 0 radical (unpaired) electrons. The van der Waals surface area contributed by atoms with Gasteiger partial charge in [-0.1, -0.05) is 18.2 Å². The van der Waals surface area contributed by atoms with E-state index in [1.54, 1.807) is 25.1 Å². The first-order chi connectivity index (χ1) is 11.6. The maximum absolute atomic E-state index is 13.0. The van der Waals surface area contributed by atoms with E-state index in [4.69, 9.17) is 4.74 Å². The molecule has 122 valence electrons. The number of anilines is 2. The second-order valence-corrected chi connectivity index (χ2v) is 6.15. The van der Waals surface area contributed by atoms with E-state index in [1.807, 2.05) is 23.1 Å². The second-order valence-electron chi connectivity index (χ2n) is 6.15. The minimum atomic E-state index is -0.520. The number of para-hydroxylation sites is 1. The molecule has 4 rings (SSSR count). The Balaban J connectivity index is 1.67. The zero-order valence-corrected chi connectivity index (χ0v) is 13.4. The van der Waals surface area contributed by atoms with E-state index >= 15 is 0 Å². The molecule has 2 heterocycles. The van der Waals surface area contributed by atoms with Gasteiger partial charge in [0.25, 0.3) is 11.8 Å². The Kier molecular flexibility index (Phi) is 3.49. The van der Waals surface area contributed by atoms with Gasteiger partial charge in [0.2, 0.25) is 0 Å². The molecule has 2 aromatic carbocycles. The molecule has 0 saturated carbocycles. The molecular weight excluding hydrogens is 304 g/mol. The van der Waals surface area contributed by atoms with E-state index in [2.05, 4.69) is 11.4 Å². The number of fused-ring (bicyclic) bond motifs is 2. The van der Waals surface area contributed by atoms with Gasteiger partial charge < -0.3 is 15.0 Å². The normalized spacial score (nSPS) is 19.0. The third-order valence-electron chi connectivity index (χ3n) is 4.51. The molecule has 0 bridgehead atoms. The van der Waals surface area contributed by atoms with Crippen molar-refractivity contribution in [1.29, 1.82) is 0 Å². The van der Waals surface area contributed by atoms with Gasteiger partial charge in [0.05, 0.1) is 5.69 Å². The van der Waals surface area contributed by atoms with Gasteiger partial charge in [-0.2, -0.15) is 0 Å². The number of hydrogen-bond donors (Lipinski definition) is 1. The van der Waals surface area contributed by atoms with Gasteiger partial charge in [0, 0.05) is 17.8 Å². The van der Waals surface area contributed by atoms with Crippen molar-refractivity contribution in [2.75, 3.05) is 16.8 Å². The van der Waals surface area contributed by atoms with E-state index in [1.165, 1.54) is 5.56 Å². The smallest absolute Gasteiger partial charge is 0.265 e. The lowest BCUT2D eigenvalue weighted by Gasteiger charge is -2.30. The first kappa shape index (κ1) is 14.8. The molecule has 2 aromatic rings. The summed E-state index contributed by atoms with van der Waals surface area (Å²) in [6.45, 7) is 2.40. The van der Waals surface area contributed by atoms with Crippen LogP contribution in [-0.4, -0.2) is 24.5 Å². The highest BCUT2D eigenvalue weighted by atomic mass is 16.5. The summed E-state index contributed by atoms with van der Waals surface area (Å²) >= 11 is 0. The van der Waals surface area contributed by atoms with E-state index < -0.39 is 6.10 Å². The number of benzene rings is 2. The van der Waals surface area contributed by atoms with Gasteiger partial charge in [0.15, 0.2) is 6.10 Å². The van der Waals surface area contributed by atoms with Gasteiger partial charge >= 0.3 is 0 Å². The number of rotatable bonds is 1. The number of carbonyl (C=O) groups excluding carboxylic acids is 2. The summed E-state index contributed by atoms with van der Waals surface area (Å²) in [7, 11) is 0. The van der Waals surface area contributed by atoms with Crippen LogP contribution >= 0.6 is 0 Å². The maximum atomic E-state index is 13.0. The van der Waals surface area contributed by atoms with E-state index in [9.17, 15) is 9.59 Å². The Morgan fingerprint density at radius 1 is 1.25 bits per heavy atom. The quantitative estimate of drug-likeness (QED) is 0.878. The van der Waals surface area contributed by atoms with Crippen LogP contribution < -0.4 is 15.0 Å². The standard InChI is InChI=1S/C19H18N2O3/c1-12-18(22)20-15-11-14(8-9-17(15)24-12)19(23)21-10-4-6-13-5-2-3-7-16(13)21/h2-3,5,7-9,11-12H,4,6,10H2,1H3,(H,20,22). The predicted molar refractivity (Wildman–Crippen MR) is 91.6 cm³/mol. The minimum absolute atomic E-state index is 0.0576. The van der Waals surface area contributed by atoms with Gasteiger partial charge in [-0.3, -0.25) is 9.59 Å². The number of aryl methyl sites for hydroxylation is 1. The van der Waals surface area contributed by atoms with Crippen LogP contribution in [0, 0.1) is 0 Å². The zero-order chi connectivity index (χ0) is 16.7. The van der Waals surface area contributed by atoms with Crippen LogP contribution in [0.15, 0.2) is 42.5 Å². The van der Waals surface area contributed by atoms with Gasteiger partial charge in [-0.05, 0) is 49.6 Å². The fourth-order valence-corrected chi connectivity index (χ4v) is 3.24. The van der Waals surface area contributed by atoms with Crippen LogP contribution in [0.25, 0.3) is 0 Å². The van der Waals surface area contributed by atoms with Crippen molar-refractivity contribution in [2.45, 2.75) is 25.9 Å². The molecule has 0 spiro atoms. The highest BCUT2D eigenvalue weighted by Gasteiger charge is 2.27. The Morgan fingerprint density at radius 2 is 2.08 bits per heavy atom. The Bertz CT molecular complexity index is 831. The molecule has 5 heteroatoms. The maximum Gasteiger partial charge on any atom is 0.265 e. The molecular formula is C19H18N2O3. The number of ether oxygens (including phenoxy) is 1. The Labute approximate surface area is 140 Å². The van der Waals surface area contributed by atoms with Crippen LogP contribution in [0.1, 0.15) is 29.3 Å². The summed E-state index contributed by atoms with van der Waals surface area (Å²) in [6, 6.07) is 13.2. The Hall–Kier alpha value is -2.82. The summed E-state index contributed by atoms with van der Waals surface area (Å²) in [5.74, 6) is 0.339. The SMILES string of the molecule is CC1Oc2ccc(C(=O)N3CCCc4ccccc43)cc2NC1=O. The van der Waals surface area contributed by atoms with Crippen molar-refractivity contribution in [3.63, 3.8) is 0 Å². The molecule has 0 aromatic heterocycles. The second kappa shape index (κ2) is 5.67. The third kappa shape index (κ3) is 2.42. The minimum Gasteiger partial charge on any atom is -0.479 e. The summed E-state index contributed by atoms with van der Waals surface area (Å²) in [6.07, 6.45) is 1.42. The molecule has 5 nitrogen and oxygen atoms in total. The third-order valence-corrected chi connectivity index (χ3v) is 4.51. The lowest BCUT2D eigenvalue weighted by atomic mass is 10.0. The summed E-state index contributed by atoms with van der Waals surface area (Å²) in [5.41, 5.74) is 3.26. The van der Waals surface area contributed by atoms with Crippen molar-refractivity contribution in [3.05, 3.63) is 53.6 Å². The molecule has 2 aliphatic heterocycles. The highest BCUT2D eigenvalue weighted by molar-refractivity contribution is 6.08. The van der Waals surface area contributed by atoms with E-state index in [-0.39, 0.29) is 11.8 Å². The predicted octanol–water partition coefficient (Wildman–Crippen LogP) is 3.00. The number of amides is 2. The molecule has 1 unspecified atom stereocenters. The first-order valence-corrected chi connectivity index (χ1v) is 8.15. The average Bonchev–Trinajstić information content (AvgIpc) is 2.61. The van der Waals surface area contributed by atoms with Crippen molar-refractivity contribution in [2.24, 2.45) is 0 Å². The zero-order valence-electron chi connectivity index (χ0n) is 13.4. The van der Waals surface area contributed by atoms with Crippen LogP contribution in [0.4, 0.5) is 11.4 Å². The number of carbonyl (C=O) groups is 2. The molecule has 2 amide bonds. The molecule has 24 heavy (non-hydrogen) atoms. The van der Waals surface area contributed by atoms with Crippen molar-refractivity contribution >= 4 is 23.2 Å². The fourth-order valence-electron chi connectivity index (χ4n) is 3.24. The average molecular weight is 322 g/mol. The molecule has 1 atom stereocenters. The number of hydrogen-bond acceptors (Lipinski definition) is 3. The lowest BCUT2D eigenvalue weighted by Crippen LogP contribution is -2.36. The number of nitrogens with one attached hydrogen (secondary N) is 1. The Morgan fingerprint density at radius 3 is 2.96 bits per heavy atom. The largest absolute Gasteiger partial charge is 0.479 e. The first-order valence-electron chi connectivity index (χ1n) is 8.15. The van der Waals surface area contributed by atoms with Crippen LogP contribution in [-0.2, 0) is 11.2 Å². The molecule has 2 aliphatic rings. The monoisotopic (exact) mass is 322 g/mol. The molecule has 0 saturated heterocycles. The fraction of sp³-hybridized carbons (Fsp3) is 0.263. The van der Waals surface area contributed by atoms with Crippen molar-refractivity contribution in [1.82, 2.24) is 0 Å². The van der Waals surface area contributed by atoms with Crippen LogP contribution in [0.5, 0.6) is 5.75 Å². The number of nitrogens with zero attached hydrogens (tertiary/aromatic N) is 1. The van der Waals surface area contributed by atoms with Gasteiger partial charge in [-0.15, -0.1) is 0 Å². The van der Waals surface area contributed by atoms with E-state index in [0.717, 1.165) is 18.5 Å². The van der Waals surface area contributed by atoms with Crippen molar-refractivity contribution < 1.29 is 14.3 Å². The molecule has 0 fully saturated rings. The summed E-state index contributed by atoms with van der Waals surface area (Å²) in [5, 5.41) is 2.79. The van der Waals surface area contributed by atoms with Crippen LogP contribution in [0.3, 0.4) is 0 Å². The summed E-state index contributed by atoms with van der Waals surface area (Å²) < 4.78 is 5.54. The molecule has 0 aliphatic carbocycles. The van der Waals surface area contributed by atoms with Crippen LogP contribution in [0.2, 0.25) is 0 Å². The highest BCUT2D eigenvalue weighted by Crippen LogP contribution is 2.33. The van der Waals surface area contributed by atoms with Crippen molar-refractivity contribution in [3.8, 4) is 5.75 Å². The summed E-state index contributed by atoms with van der Waals surface area (Å²) in [4.78, 5) is 26.6. The van der Waals surface area contributed by atoms with E-state index in [0.29, 0.717) is 23.5 Å².